The Kier molecular flexibility index (Phi) is 5.98. The third-order valence-corrected chi connectivity index (χ3v) is 5.53. The number of likely N-dealkylation sites (N-methyl/N-ethyl adjacent to an activating group) is 1. The van der Waals surface area contributed by atoms with E-state index in [1.54, 1.807) is 23.1 Å². The van der Waals surface area contributed by atoms with Gasteiger partial charge in [0, 0.05) is 12.2 Å². The molecule has 2 aromatic carbocycles. The summed E-state index contributed by atoms with van der Waals surface area (Å²) in [5.74, 6) is -0.291. The Morgan fingerprint density at radius 1 is 1.04 bits per heavy atom. The van der Waals surface area contributed by atoms with E-state index >= 15 is 0 Å². The van der Waals surface area contributed by atoms with Gasteiger partial charge in [-0.3, -0.25) is 4.79 Å². The van der Waals surface area contributed by atoms with Gasteiger partial charge in [0.15, 0.2) is 0 Å². The third kappa shape index (κ3) is 4.67. The molecule has 0 spiro atoms. The number of nitrogens with one attached hydrogen (secondary N) is 1. The summed E-state index contributed by atoms with van der Waals surface area (Å²) in [6.45, 7) is 7.77. The average molecular weight is 360 g/mol. The van der Waals surface area contributed by atoms with Gasteiger partial charge in [-0.2, -0.15) is 0 Å². The van der Waals surface area contributed by atoms with E-state index in [1.165, 1.54) is 0 Å². The lowest BCUT2D eigenvalue weighted by molar-refractivity contribution is -0.117. The molecule has 1 amide bonds. The van der Waals surface area contributed by atoms with Gasteiger partial charge >= 0.3 is 0 Å². The van der Waals surface area contributed by atoms with Crippen LogP contribution >= 0.6 is 0 Å². The second-order valence-corrected chi connectivity index (χ2v) is 7.81. The molecule has 0 saturated heterocycles. The molecule has 0 heterocycles. The number of amides is 1. The fourth-order valence-corrected chi connectivity index (χ4v) is 3.57. The van der Waals surface area contributed by atoms with E-state index in [9.17, 15) is 13.2 Å². The summed E-state index contributed by atoms with van der Waals surface area (Å²) in [7, 11) is -3.72. The Hall–Kier alpha value is -2.18. The van der Waals surface area contributed by atoms with Crippen molar-refractivity contribution in [1.29, 1.82) is 0 Å². The Balaban J connectivity index is 2.12. The molecule has 0 radical (unpaired) electrons. The number of rotatable bonds is 6. The highest BCUT2D eigenvalue weighted by Gasteiger charge is 2.19. The van der Waals surface area contributed by atoms with E-state index in [1.807, 2.05) is 52.0 Å². The van der Waals surface area contributed by atoms with Crippen molar-refractivity contribution < 1.29 is 13.2 Å². The molecule has 0 bridgehead atoms. The van der Waals surface area contributed by atoms with Gasteiger partial charge in [-0.25, -0.2) is 13.1 Å². The van der Waals surface area contributed by atoms with Crippen molar-refractivity contribution in [3.05, 3.63) is 59.2 Å². The molecule has 134 valence electrons. The van der Waals surface area contributed by atoms with Crippen LogP contribution in [0, 0.1) is 20.8 Å². The van der Waals surface area contributed by atoms with Crippen molar-refractivity contribution in [2.75, 3.05) is 18.0 Å². The normalized spacial score (nSPS) is 11.4. The number of benzene rings is 2. The SMILES string of the molecule is CCN(C(=O)CNS(=O)(=O)c1ccc(C)c(C)c1)c1cccc(C)c1. The van der Waals surface area contributed by atoms with Crippen molar-refractivity contribution in [2.45, 2.75) is 32.6 Å². The molecule has 0 atom stereocenters. The molecule has 0 aliphatic heterocycles. The second kappa shape index (κ2) is 7.80. The topological polar surface area (TPSA) is 66.5 Å². The van der Waals surface area contributed by atoms with Gasteiger partial charge in [0.2, 0.25) is 15.9 Å². The van der Waals surface area contributed by atoms with Crippen LogP contribution in [0.4, 0.5) is 5.69 Å². The van der Waals surface area contributed by atoms with Crippen molar-refractivity contribution in [2.24, 2.45) is 0 Å². The zero-order chi connectivity index (χ0) is 18.6. The first kappa shape index (κ1) is 19.1. The molecular formula is C19H24N2O3S. The minimum Gasteiger partial charge on any atom is -0.312 e. The quantitative estimate of drug-likeness (QED) is 0.861. The molecule has 0 aliphatic rings. The summed E-state index contributed by atoms with van der Waals surface area (Å²) in [6, 6.07) is 12.5. The predicted molar refractivity (Wildman–Crippen MR) is 100 cm³/mol. The van der Waals surface area contributed by atoms with Crippen LogP contribution in [0.25, 0.3) is 0 Å². The van der Waals surface area contributed by atoms with Crippen LogP contribution in [-0.4, -0.2) is 27.4 Å². The van der Waals surface area contributed by atoms with Crippen LogP contribution in [0.5, 0.6) is 0 Å². The van der Waals surface area contributed by atoms with Crippen LogP contribution < -0.4 is 9.62 Å². The average Bonchev–Trinajstić information content (AvgIpc) is 2.56. The number of sulfonamides is 1. The monoisotopic (exact) mass is 360 g/mol. The molecule has 2 aromatic rings. The number of hydrogen-bond donors (Lipinski definition) is 1. The summed E-state index contributed by atoms with van der Waals surface area (Å²) in [4.78, 5) is 14.2. The predicted octanol–water partition coefficient (Wildman–Crippen LogP) is 2.94. The lowest BCUT2D eigenvalue weighted by Gasteiger charge is -2.21. The molecule has 1 N–H and O–H groups in total. The highest BCUT2D eigenvalue weighted by molar-refractivity contribution is 7.89. The maximum Gasteiger partial charge on any atom is 0.242 e. The Morgan fingerprint density at radius 3 is 2.36 bits per heavy atom. The van der Waals surface area contributed by atoms with Crippen LogP contribution in [0.15, 0.2) is 47.4 Å². The van der Waals surface area contributed by atoms with Gasteiger partial charge in [0.1, 0.15) is 0 Å². The second-order valence-electron chi connectivity index (χ2n) is 6.05. The standard InChI is InChI=1S/C19H24N2O3S/c1-5-21(17-8-6-7-14(2)11-17)19(22)13-20-25(23,24)18-10-9-15(3)16(4)12-18/h6-12,20H,5,13H2,1-4H3. The lowest BCUT2D eigenvalue weighted by Crippen LogP contribution is -2.40. The molecule has 5 nitrogen and oxygen atoms in total. The molecule has 0 saturated carbocycles. The summed E-state index contributed by atoms with van der Waals surface area (Å²) >= 11 is 0. The number of carbonyl (C=O) groups excluding carboxylic acids is 1. The third-order valence-electron chi connectivity index (χ3n) is 4.13. The first-order chi connectivity index (χ1) is 11.7. The van der Waals surface area contributed by atoms with Crippen LogP contribution in [0.1, 0.15) is 23.6 Å². The Labute approximate surface area is 149 Å². The maximum atomic E-state index is 12.5. The molecule has 25 heavy (non-hydrogen) atoms. The van der Waals surface area contributed by atoms with E-state index in [-0.39, 0.29) is 17.3 Å². The fourth-order valence-electron chi connectivity index (χ4n) is 2.52. The largest absolute Gasteiger partial charge is 0.312 e. The van der Waals surface area contributed by atoms with Gasteiger partial charge in [-0.05, 0) is 68.7 Å². The van der Waals surface area contributed by atoms with Crippen molar-refractivity contribution >= 4 is 21.6 Å². The molecule has 2 rings (SSSR count). The highest BCUT2D eigenvalue weighted by atomic mass is 32.2. The Bertz CT molecular complexity index is 876. The number of aryl methyl sites for hydroxylation is 3. The number of hydrogen-bond acceptors (Lipinski definition) is 3. The van der Waals surface area contributed by atoms with Crippen molar-refractivity contribution in [3.8, 4) is 0 Å². The summed E-state index contributed by atoms with van der Waals surface area (Å²) in [5.41, 5.74) is 3.72. The lowest BCUT2D eigenvalue weighted by atomic mass is 10.1. The van der Waals surface area contributed by atoms with Crippen LogP contribution in [0.2, 0.25) is 0 Å². The summed E-state index contributed by atoms with van der Waals surface area (Å²) < 4.78 is 27.2. The first-order valence-corrected chi connectivity index (χ1v) is 9.67. The van der Waals surface area contributed by atoms with Gasteiger partial charge in [0.25, 0.3) is 0 Å². The van der Waals surface area contributed by atoms with Crippen LogP contribution in [-0.2, 0) is 14.8 Å². The van der Waals surface area contributed by atoms with Gasteiger partial charge in [0.05, 0.1) is 11.4 Å². The fraction of sp³-hybridized carbons (Fsp3) is 0.316. The molecule has 0 aromatic heterocycles. The number of carbonyl (C=O) groups is 1. The van der Waals surface area contributed by atoms with E-state index in [2.05, 4.69) is 4.72 Å². The minimum absolute atomic E-state index is 0.169. The van der Waals surface area contributed by atoms with E-state index in [0.717, 1.165) is 22.4 Å². The summed E-state index contributed by atoms with van der Waals surface area (Å²) in [6.07, 6.45) is 0. The van der Waals surface area contributed by atoms with Gasteiger partial charge < -0.3 is 4.90 Å². The minimum atomic E-state index is -3.72. The number of nitrogens with zero attached hydrogens (tertiary/aromatic N) is 1. The van der Waals surface area contributed by atoms with Crippen molar-refractivity contribution in [3.63, 3.8) is 0 Å². The van der Waals surface area contributed by atoms with Gasteiger partial charge in [-0.15, -0.1) is 0 Å². The van der Waals surface area contributed by atoms with E-state index < -0.39 is 10.0 Å². The smallest absolute Gasteiger partial charge is 0.242 e. The molecule has 6 heteroatoms. The summed E-state index contributed by atoms with van der Waals surface area (Å²) in [5, 5.41) is 0. The zero-order valence-electron chi connectivity index (χ0n) is 15.0. The van der Waals surface area contributed by atoms with E-state index in [0.29, 0.717) is 6.54 Å². The molecule has 0 unspecified atom stereocenters. The highest BCUT2D eigenvalue weighted by Crippen LogP contribution is 2.17. The zero-order valence-corrected chi connectivity index (χ0v) is 15.9. The first-order valence-electron chi connectivity index (χ1n) is 8.18. The molecule has 0 aliphatic carbocycles. The number of anilines is 1. The molecular weight excluding hydrogens is 336 g/mol. The Morgan fingerprint density at radius 2 is 1.76 bits per heavy atom. The maximum absolute atomic E-state index is 12.5. The van der Waals surface area contributed by atoms with Crippen molar-refractivity contribution in [1.82, 2.24) is 4.72 Å². The van der Waals surface area contributed by atoms with Crippen LogP contribution in [0.3, 0.4) is 0 Å². The molecule has 0 fully saturated rings. The van der Waals surface area contributed by atoms with E-state index in [4.69, 9.17) is 0 Å². The van der Waals surface area contributed by atoms with Gasteiger partial charge in [-0.1, -0.05) is 18.2 Å².